The standard InChI is InChI=1S/C16H23ClN4O4S/c17-12-5-6-13(20-16(23)19-11-3-1-2-4-11)14(22)15(12)26(24,25)21-9-7-18-8-10-21/h5-6,11,18,22H,1-4,7-10H2,(H2,19,20,23). The summed E-state index contributed by atoms with van der Waals surface area (Å²) in [6.07, 6.45) is 3.99. The molecule has 8 nitrogen and oxygen atoms in total. The van der Waals surface area contributed by atoms with Gasteiger partial charge >= 0.3 is 6.03 Å². The normalized spacial score (nSPS) is 19.4. The van der Waals surface area contributed by atoms with E-state index in [4.69, 9.17) is 11.6 Å². The van der Waals surface area contributed by atoms with Gasteiger partial charge in [0.05, 0.1) is 10.7 Å². The first-order chi connectivity index (χ1) is 12.4. The van der Waals surface area contributed by atoms with Crippen molar-refractivity contribution in [3.63, 3.8) is 0 Å². The van der Waals surface area contributed by atoms with Gasteiger partial charge in [-0.3, -0.25) is 0 Å². The van der Waals surface area contributed by atoms with E-state index in [9.17, 15) is 18.3 Å². The number of carbonyl (C=O) groups is 1. The zero-order valence-corrected chi connectivity index (χ0v) is 15.9. The molecule has 1 saturated carbocycles. The molecule has 1 aromatic rings. The summed E-state index contributed by atoms with van der Waals surface area (Å²) in [6.45, 7) is 1.63. The van der Waals surface area contributed by atoms with E-state index in [2.05, 4.69) is 16.0 Å². The molecule has 0 atom stereocenters. The third-order valence-corrected chi connectivity index (χ3v) is 7.10. The maximum Gasteiger partial charge on any atom is 0.319 e. The van der Waals surface area contributed by atoms with Crippen LogP contribution in [-0.4, -0.2) is 56.1 Å². The Morgan fingerprint density at radius 2 is 1.88 bits per heavy atom. The van der Waals surface area contributed by atoms with Gasteiger partial charge < -0.3 is 21.1 Å². The van der Waals surface area contributed by atoms with E-state index in [0.717, 1.165) is 25.7 Å². The number of carbonyl (C=O) groups excluding carboxylic acids is 1. The molecular weight excluding hydrogens is 380 g/mol. The molecule has 1 aromatic carbocycles. The van der Waals surface area contributed by atoms with Gasteiger partial charge in [0, 0.05) is 32.2 Å². The van der Waals surface area contributed by atoms with Crippen molar-refractivity contribution in [1.29, 1.82) is 0 Å². The maximum absolute atomic E-state index is 12.9. The van der Waals surface area contributed by atoms with E-state index in [1.165, 1.54) is 16.4 Å². The highest BCUT2D eigenvalue weighted by molar-refractivity contribution is 7.89. The summed E-state index contributed by atoms with van der Waals surface area (Å²) in [5, 5.41) is 18.8. The lowest BCUT2D eigenvalue weighted by atomic mass is 10.2. The molecule has 2 fully saturated rings. The van der Waals surface area contributed by atoms with Gasteiger partial charge in [-0.25, -0.2) is 13.2 Å². The molecule has 26 heavy (non-hydrogen) atoms. The molecule has 4 N–H and O–H groups in total. The Kier molecular flexibility index (Phi) is 5.91. The second kappa shape index (κ2) is 7.99. The molecule has 1 aliphatic carbocycles. The molecule has 3 rings (SSSR count). The van der Waals surface area contributed by atoms with Crippen molar-refractivity contribution in [3.8, 4) is 5.75 Å². The summed E-state index contributed by atoms with van der Waals surface area (Å²) in [5.74, 6) is -0.544. The summed E-state index contributed by atoms with van der Waals surface area (Å²) >= 11 is 6.07. The number of amides is 2. The Labute approximate surface area is 157 Å². The lowest BCUT2D eigenvalue weighted by Crippen LogP contribution is -2.46. The Morgan fingerprint density at radius 3 is 2.54 bits per heavy atom. The van der Waals surface area contributed by atoms with Gasteiger partial charge in [0.1, 0.15) is 4.90 Å². The summed E-state index contributed by atoms with van der Waals surface area (Å²) in [4.78, 5) is 11.8. The smallest absolute Gasteiger partial charge is 0.319 e. The van der Waals surface area contributed by atoms with Gasteiger partial charge in [0.15, 0.2) is 5.75 Å². The molecule has 0 radical (unpaired) electrons. The quantitative estimate of drug-likeness (QED) is 0.573. The van der Waals surface area contributed by atoms with Crippen molar-refractivity contribution in [2.75, 3.05) is 31.5 Å². The number of phenols is 1. The number of nitrogens with one attached hydrogen (secondary N) is 3. The van der Waals surface area contributed by atoms with E-state index in [1.807, 2.05) is 0 Å². The number of phenolic OH excluding ortho intramolecular Hbond substituents is 1. The number of rotatable bonds is 4. The minimum Gasteiger partial charge on any atom is -0.504 e. The molecule has 2 aliphatic rings. The van der Waals surface area contributed by atoms with Crippen LogP contribution in [0.15, 0.2) is 17.0 Å². The van der Waals surface area contributed by atoms with Crippen LogP contribution < -0.4 is 16.0 Å². The zero-order valence-electron chi connectivity index (χ0n) is 14.3. The monoisotopic (exact) mass is 402 g/mol. The molecule has 0 spiro atoms. The highest BCUT2D eigenvalue weighted by Crippen LogP contribution is 2.38. The molecular formula is C16H23ClN4O4S. The van der Waals surface area contributed by atoms with Crippen LogP contribution in [-0.2, 0) is 10.0 Å². The molecule has 1 heterocycles. The number of hydrogen-bond donors (Lipinski definition) is 4. The Morgan fingerprint density at radius 1 is 1.23 bits per heavy atom. The van der Waals surface area contributed by atoms with Crippen molar-refractivity contribution in [3.05, 3.63) is 17.2 Å². The number of urea groups is 1. The fourth-order valence-electron chi connectivity index (χ4n) is 3.32. The van der Waals surface area contributed by atoms with Gasteiger partial charge in [-0.05, 0) is 25.0 Å². The Bertz CT molecular complexity index is 775. The largest absolute Gasteiger partial charge is 0.504 e. The van der Waals surface area contributed by atoms with E-state index in [-0.39, 0.29) is 34.7 Å². The molecule has 0 bridgehead atoms. The van der Waals surface area contributed by atoms with Crippen LogP contribution in [0.2, 0.25) is 5.02 Å². The maximum atomic E-state index is 12.9. The summed E-state index contributed by atoms with van der Waals surface area (Å²) in [5.41, 5.74) is 0.0126. The van der Waals surface area contributed by atoms with Crippen molar-refractivity contribution in [1.82, 2.24) is 14.9 Å². The number of piperazine rings is 1. The third kappa shape index (κ3) is 4.06. The van der Waals surface area contributed by atoms with Crippen LogP contribution in [0.4, 0.5) is 10.5 Å². The summed E-state index contributed by atoms with van der Waals surface area (Å²) < 4.78 is 27.0. The topological polar surface area (TPSA) is 111 Å². The number of nitrogens with zero attached hydrogens (tertiary/aromatic N) is 1. The molecule has 1 aliphatic heterocycles. The highest BCUT2D eigenvalue weighted by Gasteiger charge is 2.32. The Hall–Kier alpha value is -1.55. The fraction of sp³-hybridized carbons (Fsp3) is 0.562. The van der Waals surface area contributed by atoms with Gasteiger partial charge in [0.25, 0.3) is 0 Å². The van der Waals surface area contributed by atoms with Crippen molar-refractivity contribution in [2.45, 2.75) is 36.6 Å². The average Bonchev–Trinajstić information content (AvgIpc) is 3.11. The van der Waals surface area contributed by atoms with Gasteiger partial charge in [-0.15, -0.1) is 0 Å². The van der Waals surface area contributed by atoms with Gasteiger partial charge in [-0.2, -0.15) is 4.31 Å². The lowest BCUT2D eigenvalue weighted by molar-refractivity contribution is 0.248. The number of aromatic hydroxyl groups is 1. The van der Waals surface area contributed by atoms with Crippen molar-refractivity contribution < 1.29 is 18.3 Å². The highest BCUT2D eigenvalue weighted by atomic mass is 35.5. The average molecular weight is 403 g/mol. The first-order valence-corrected chi connectivity index (χ1v) is 10.5. The molecule has 0 aromatic heterocycles. The predicted octanol–water partition coefficient (Wildman–Crippen LogP) is 1.70. The number of hydrogen-bond acceptors (Lipinski definition) is 5. The first-order valence-electron chi connectivity index (χ1n) is 8.69. The van der Waals surface area contributed by atoms with Crippen LogP contribution in [0.3, 0.4) is 0 Å². The predicted molar refractivity (Wildman–Crippen MR) is 99.2 cm³/mol. The number of halogens is 1. The summed E-state index contributed by atoms with van der Waals surface area (Å²) in [6, 6.07) is 2.39. The minimum absolute atomic E-state index is 0.0126. The van der Waals surface area contributed by atoms with E-state index in [0.29, 0.717) is 13.1 Å². The number of anilines is 1. The summed E-state index contributed by atoms with van der Waals surface area (Å²) in [7, 11) is -3.96. The third-order valence-electron chi connectivity index (χ3n) is 4.70. The van der Waals surface area contributed by atoms with Gasteiger partial charge in [0.2, 0.25) is 10.0 Å². The van der Waals surface area contributed by atoms with Gasteiger partial charge in [-0.1, -0.05) is 24.4 Å². The van der Waals surface area contributed by atoms with E-state index < -0.39 is 21.8 Å². The number of sulfonamides is 1. The van der Waals surface area contributed by atoms with Crippen LogP contribution >= 0.6 is 11.6 Å². The molecule has 1 saturated heterocycles. The van der Waals surface area contributed by atoms with Crippen molar-refractivity contribution >= 4 is 33.3 Å². The van der Waals surface area contributed by atoms with Crippen LogP contribution in [0, 0.1) is 0 Å². The second-order valence-corrected chi connectivity index (χ2v) is 8.79. The molecule has 144 valence electrons. The minimum atomic E-state index is -3.96. The van der Waals surface area contributed by atoms with E-state index >= 15 is 0 Å². The Balaban J connectivity index is 1.82. The first kappa shape index (κ1) is 19.2. The van der Waals surface area contributed by atoms with Crippen LogP contribution in [0.5, 0.6) is 5.75 Å². The molecule has 10 heteroatoms. The van der Waals surface area contributed by atoms with E-state index in [1.54, 1.807) is 0 Å². The second-order valence-electron chi connectivity index (χ2n) is 6.51. The number of benzene rings is 1. The zero-order chi connectivity index (χ0) is 18.7. The van der Waals surface area contributed by atoms with Crippen LogP contribution in [0.1, 0.15) is 25.7 Å². The molecule has 0 unspecified atom stereocenters. The molecule has 2 amide bonds. The van der Waals surface area contributed by atoms with Crippen molar-refractivity contribution in [2.24, 2.45) is 0 Å². The fourth-order valence-corrected chi connectivity index (χ4v) is 5.36. The van der Waals surface area contributed by atoms with Crippen LogP contribution in [0.25, 0.3) is 0 Å². The SMILES string of the molecule is O=C(Nc1ccc(Cl)c(S(=O)(=O)N2CCNCC2)c1O)NC1CCCC1. The lowest BCUT2D eigenvalue weighted by Gasteiger charge is -2.27.